The fraction of sp³-hybridized carbons (Fsp3) is 0.263. The van der Waals surface area contributed by atoms with Gasteiger partial charge in [0.05, 0.1) is 6.20 Å². The highest BCUT2D eigenvalue weighted by Gasteiger charge is 2.04. The number of nitrogens with one attached hydrogen (secondary N) is 2. The fourth-order valence-electron chi connectivity index (χ4n) is 2.61. The second-order valence-electron chi connectivity index (χ2n) is 5.72. The Morgan fingerprint density at radius 2 is 1.69 bits per heavy atom. The van der Waals surface area contributed by atoms with Gasteiger partial charge in [0.2, 0.25) is 5.95 Å². The van der Waals surface area contributed by atoms with Gasteiger partial charge in [0, 0.05) is 43.4 Å². The predicted molar refractivity (Wildman–Crippen MR) is 105 cm³/mol. The molecule has 0 unspecified atom stereocenters. The Morgan fingerprint density at radius 3 is 2.38 bits per heavy atom. The minimum atomic E-state index is 0.459. The highest BCUT2D eigenvalue weighted by Crippen LogP contribution is 2.19. The third-order valence-corrected chi connectivity index (χ3v) is 4.03. The van der Waals surface area contributed by atoms with Gasteiger partial charge in [0.15, 0.2) is 5.82 Å². The highest BCUT2D eigenvalue weighted by molar-refractivity contribution is 5.59. The van der Waals surface area contributed by atoms with Crippen LogP contribution in [0.25, 0.3) is 0 Å². The Labute approximate surface area is 153 Å². The van der Waals surface area contributed by atoms with Crippen LogP contribution in [0.4, 0.5) is 23.1 Å². The molecule has 0 aliphatic heterocycles. The number of pyridine rings is 1. The molecule has 0 aliphatic carbocycles. The molecule has 0 saturated heterocycles. The van der Waals surface area contributed by atoms with E-state index < -0.39 is 0 Å². The molecule has 7 nitrogen and oxygen atoms in total. The molecule has 2 N–H and O–H groups in total. The van der Waals surface area contributed by atoms with Gasteiger partial charge in [-0.15, -0.1) is 5.10 Å². The van der Waals surface area contributed by atoms with Gasteiger partial charge in [0.25, 0.3) is 0 Å². The first-order chi connectivity index (χ1) is 12.8. The molecule has 7 heteroatoms. The topological polar surface area (TPSA) is 78.9 Å². The Hall–Kier alpha value is -3.22. The minimum Gasteiger partial charge on any atom is -0.372 e. The van der Waals surface area contributed by atoms with Crippen LogP contribution in [0.1, 0.15) is 19.4 Å². The number of benzene rings is 1. The van der Waals surface area contributed by atoms with Crippen molar-refractivity contribution in [3.8, 4) is 0 Å². The van der Waals surface area contributed by atoms with Crippen molar-refractivity contribution in [2.24, 2.45) is 0 Å². The van der Waals surface area contributed by atoms with Gasteiger partial charge in [-0.2, -0.15) is 10.1 Å². The summed E-state index contributed by atoms with van der Waals surface area (Å²) >= 11 is 0. The maximum absolute atomic E-state index is 4.45. The van der Waals surface area contributed by atoms with Crippen molar-refractivity contribution in [2.45, 2.75) is 20.4 Å². The van der Waals surface area contributed by atoms with Gasteiger partial charge < -0.3 is 15.5 Å². The van der Waals surface area contributed by atoms with E-state index in [0.717, 1.165) is 24.3 Å². The van der Waals surface area contributed by atoms with Crippen LogP contribution in [0, 0.1) is 0 Å². The zero-order valence-electron chi connectivity index (χ0n) is 15.1. The largest absolute Gasteiger partial charge is 0.372 e. The van der Waals surface area contributed by atoms with Gasteiger partial charge in [-0.05, 0) is 55.8 Å². The zero-order chi connectivity index (χ0) is 18.2. The summed E-state index contributed by atoms with van der Waals surface area (Å²) in [5.74, 6) is 1.12. The summed E-state index contributed by atoms with van der Waals surface area (Å²) < 4.78 is 0. The fourth-order valence-corrected chi connectivity index (χ4v) is 2.61. The maximum atomic E-state index is 4.45. The van der Waals surface area contributed by atoms with Crippen LogP contribution >= 0.6 is 0 Å². The van der Waals surface area contributed by atoms with E-state index in [2.05, 4.69) is 61.7 Å². The van der Waals surface area contributed by atoms with Gasteiger partial charge in [0.1, 0.15) is 0 Å². The second-order valence-corrected chi connectivity index (χ2v) is 5.72. The Kier molecular flexibility index (Phi) is 5.92. The number of hydrogen-bond donors (Lipinski definition) is 2. The number of nitrogens with zero attached hydrogens (tertiary/aromatic N) is 5. The molecule has 3 rings (SSSR count). The van der Waals surface area contributed by atoms with E-state index in [1.54, 1.807) is 18.6 Å². The van der Waals surface area contributed by atoms with Crippen molar-refractivity contribution < 1.29 is 0 Å². The van der Waals surface area contributed by atoms with Gasteiger partial charge >= 0.3 is 0 Å². The summed E-state index contributed by atoms with van der Waals surface area (Å²) in [6.07, 6.45) is 5.14. The van der Waals surface area contributed by atoms with Gasteiger partial charge in [-0.3, -0.25) is 4.98 Å². The number of rotatable bonds is 8. The molecular weight excluding hydrogens is 326 g/mol. The molecule has 0 saturated carbocycles. The van der Waals surface area contributed by atoms with Crippen LogP contribution in [0.5, 0.6) is 0 Å². The van der Waals surface area contributed by atoms with E-state index in [0.29, 0.717) is 18.3 Å². The molecule has 0 bridgehead atoms. The first-order valence-corrected chi connectivity index (χ1v) is 8.73. The Bertz CT molecular complexity index is 802. The lowest BCUT2D eigenvalue weighted by Crippen LogP contribution is -2.21. The van der Waals surface area contributed by atoms with Crippen LogP contribution < -0.4 is 15.5 Å². The van der Waals surface area contributed by atoms with E-state index in [-0.39, 0.29) is 0 Å². The van der Waals surface area contributed by atoms with Crippen LogP contribution in [0.3, 0.4) is 0 Å². The average Bonchev–Trinajstić information content (AvgIpc) is 2.70. The van der Waals surface area contributed by atoms with E-state index in [1.807, 2.05) is 24.3 Å². The quantitative estimate of drug-likeness (QED) is 0.644. The lowest BCUT2D eigenvalue weighted by Gasteiger charge is -2.21. The number of anilines is 4. The predicted octanol–water partition coefficient (Wildman–Crippen LogP) is 3.47. The monoisotopic (exact) mass is 349 g/mol. The van der Waals surface area contributed by atoms with E-state index in [9.17, 15) is 0 Å². The summed E-state index contributed by atoms with van der Waals surface area (Å²) in [4.78, 5) is 10.8. The average molecular weight is 349 g/mol. The van der Waals surface area contributed by atoms with Crippen molar-refractivity contribution in [2.75, 3.05) is 28.6 Å². The molecule has 0 atom stereocenters. The van der Waals surface area contributed by atoms with Crippen molar-refractivity contribution in [1.29, 1.82) is 0 Å². The number of hydrogen-bond acceptors (Lipinski definition) is 7. The molecule has 26 heavy (non-hydrogen) atoms. The van der Waals surface area contributed by atoms with Crippen molar-refractivity contribution in [1.82, 2.24) is 20.2 Å². The lowest BCUT2D eigenvalue weighted by atomic mass is 10.2. The molecule has 1 aromatic carbocycles. The molecule has 0 aliphatic rings. The molecule has 3 aromatic rings. The summed E-state index contributed by atoms with van der Waals surface area (Å²) in [6.45, 7) is 6.93. The SMILES string of the molecule is CCN(CC)c1ccc(Nc2nncc(NCc3ccncc3)n2)cc1. The molecule has 0 fully saturated rings. The summed E-state index contributed by atoms with van der Waals surface area (Å²) in [5.41, 5.74) is 3.25. The van der Waals surface area contributed by atoms with Crippen LogP contribution in [0.2, 0.25) is 0 Å². The van der Waals surface area contributed by atoms with Crippen LogP contribution in [-0.4, -0.2) is 33.3 Å². The second kappa shape index (κ2) is 8.75. The standard InChI is InChI=1S/C19H23N7/c1-3-26(4-2)17-7-5-16(6-8-17)23-19-24-18(14-22-25-19)21-13-15-9-11-20-12-10-15/h5-12,14H,3-4,13H2,1-2H3,(H2,21,23,24,25). The molecule has 134 valence electrons. The molecule has 2 aromatic heterocycles. The molecule has 2 heterocycles. The first-order valence-electron chi connectivity index (χ1n) is 8.73. The molecular formula is C19H23N7. The molecule has 0 spiro atoms. The summed E-state index contributed by atoms with van der Waals surface area (Å²) in [7, 11) is 0. The normalized spacial score (nSPS) is 10.4. The van der Waals surface area contributed by atoms with Gasteiger partial charge in [-0.25, -0.2) is 0 Å². The van der Waals surface area contributed by atoms with E-state index >= 15 is 0 Å². The highest BCUT2D eigenvalue weighted by atomic mass is 15.3. The van der Waals surface area contributed by atoms with Gasteiger partial charge in [-0.1, -0.05) is 0 Å². The minimum absolute atomic E-state index is 0.459. The molecule has 0 amide bonds. The van der Waals surface area contributed by atoms with Crippen LogP contribution in [0.15, 0.2) is 55.0 Å². The number of aromatic nitrogens is 4. The summed E-state index contributed by atoms with van der Waals surface area (Å²) in [5, 5.41) is 14.5. The third kappa shape index (κ3) is 4.66. The van der Waals surface area contributed by atoms with Crippen molar-refractivity contribution in [3.63, 3.8) is 0 Å². The van der Waals surface area contributed by atoms with Crippen LogP contribution in [-0.2, 0) is 6.54 Å². The first kappa shape index (κ1) is 17.6. The zero-order valence-corrected chi connectivity index (χ0v) is 15.1. The molecule has 0 radical (unpaired) electrons. The van der Waals surface area contributed by atoms with Crippen molar-refractivity contribution in [3.05, 3.63) is 60.6 Å². The third-order valence-electron chi connectivity index (χ3n) is 4.03. The van der Waals surface area contributed by atoms with E-state index in [1.165, 1.54) is 5.69 Å². The maximum Gasteiger partial charge on any atom is 0.249 e. The van der Waals surface area contributed by atoms with E-state index in [4.69, 9.17) is 0 Å². The summed E-state index contributed by atoms with van der Waals surface area (Å²) in [6, 6.07) is 12.1. The Balaban J connectivity index is 1.63. The van der Waals surface area contributed by atoms with Crippen molar-refractivity contribution >= 4 is 23.1 Å². The Morgan fingerprint density at radius 1 is 0.962 bits per heavy atom. The lowest BCUT2D eigenvalue weighted by molar-refractivity contribution is 0.866. The smallest absolute Gasteiger partial charge is 0.249 e.